The van der Waals surface area contributed by atoms with Gasteiger partial charge in [-0.2, -0.15) is 0 Å². The molecule has 116 valence electrons. The van der Waals surface area contributed by atoms with Gasteiger partial charge in [-0.15, -0.1) is 0 Å². The van der Waals surface area contributed by atoms with Gasteiger partial charge >= 0.3 is 0 Å². The topological polar surface area (TPSA) is 51.2 Å². The molecule has 0 fully saturated rings. The van der Waals surface area contributed by atoms with E-state index in [1.807, 2.05) is 26.0 Å². The Morgan fingerprint density at radius 1 is 1.18 bits per heavy atom. The minimum Gasteiger partial charge on any atom is -0.493 e. The van der Waals surface area contributed by atoms with Crippen LogP contribution >= 0.6 is 0 Å². The maximum Gasteiger partial charge on any atom is 0.251 e. The molecule has 1 N–H and O–H groups in total. The van der Waals surface area contributed by atoms with Crippen LogP contribution in [0.25, 0.3) is 0 Å². The monoisotopic (exact) mass is 302 g/mol. The lowest BCUT2D eigenvalue weighted by Crippen LogP contribution is -2.25. The Kier molecular flexibility index (Phi) is 5.47. The number of hydrogen-bond acceptors (Lipinski definition) is 3. The maximum atomic E-state index is 12.8. The molecular formula is C17H19FN2O2. The van der Waals surface area contributed by atoms with E-state index < -0.39 is 0 Å². The molecule has 5 heteroatoms. The Hall–Kier alpha value is -2.43. The lowest BCUT2D eigenvalue weighted by atomic mass is 10.2. The smallest absolute Gasteiger partial charge is 0.251 e. The highest BCUT2D eigenvalue weighted by atomic mass is 19.1. The van der Waals surface area contributed by atoms with Gasteiger partial charge < -0.3 is 10.1 Å². The molecule has 2 rings (SSSR count). The number of aryl methyl sites for hydroxylation is 2. The summed E-state index contributed by atoms with van der Waals surface area (Å²) in [5.74, 6) is 0.221. The van der Waals surface area contributed by atoms with Crippen LogP contribution in [-0.4, -0.2) is 24.0 Å². The van der Waals surface area contributed by atoms with Crippen LogP contribution < -0.4 is 10.1 Å². The first-order chi connectivity index (χ1) is 10.5. The van der Waals surface area contributed by atoms with Gasteiger partial charge in [-0.1, -0.05) is 0 Å². The molecule has 0 spiro atoms. The zero-order chi connectivity index (χ0) is 15.9. The second-order valence-electron chi connectivity index (χ2n) is 5.05. The maximum absolute atomic E-state index is 12.8. The number of benzene rings is 1. The van der Waals surface area contributed by atoms with Crippen molar-refractivity contribution in [2.45, 2.75) is 20.3 Å². The second kappa shape index (κ2) is 7.54. The summed E-state index contributed by atoms with van der Waals surface area (Å²) in [6, 6.07) is 9.22. The van der Waals surface area contributed by atoms with E-state index in [0.717, 1.165) is 17.1 Å². The van der Waals surface area contributed by atoms with Crippen LogP contribution in [0.5, 0.6) is 5.75 Å². The third-order valence-corrected chi connectivity index (χ3v) is 3.04. The summed E-state index contributed by atoms with van der Waals surface area (Å²) in [7, 11) is 0. The number of hydrogen-bond donors (Lipinski definition) is 1. The molecule has 1 amide bonds. The third-order valence-electron chi connectivity index (χ3n) is 3.04. The van der Waals surface area contributed by atoms with Crippen molar-refractivity contribution in [3.8, 4) is 5.75 Å². The van der Waals surface area contributed by atoms with E-state index in [-0.39, 0.29) is 11.7 Å². The van der Waals surface area contributed by atoms with Gasteiger partial charge in [-0.25, -0.2) is 4.39 Å². The molecule has 2 aromatic rings. The second-order valence-corrected chi connectivity index (χ2v) is 5.05. The standard InChI is InChI=1S/C17H19FN2O2/c1-12-10-16(11-13(2)20-12)22-9-3-8-19-17(21)14-4-6-15(18)7-5-14/h4-7,10-11H,3,8-9H2,1-2H3,(H,19,21). The number of nitrogens with one attached hydrogen (secondary N) is 1. The van der Waals surface area contributed by atoms with Crippen LogP contribution in [0, 0.1) is 19.7 Å². The minimum absolute atomic E-state index is 0.212. The Labute approximate surface area is 129 Å². The Balaban J connectivity index is 1.71. The third kappa shape index (κ3) is 4.84. The van der Waals surface area contributed by atoms with Gasteiger partial charge in [0.05, 0.1) is 6.61 Å². The molecule has 0 aliphatic carbocycles. The van der Waals surface area contributed by atoms with Gasteiger partial charge in [0.25, 0.3) is 5.91 Å². The van der Waals surface area contributed by atoms with Gasteiger partial charge in [0.2, 0.25) is 0 Å². The number of amides is 1. The van der Waals surface area contributed by atoms with Gasteiger partial charge in [0.1, 0.15) is 11.6 Å². The summed E-state index contributed by atoms with van der Waals surface area (Å²) in [6.45, 7) is 4.84. The predicted octanol–water partition coefficient (Wildman–Crippen LogP) is 3.04. The van der Waals surface area contributed by atoms with Crippen LogP contribution in [-0.2, 0) is 0 Å². The summed E-state index contributed by atoms with van der Waals surface area (Å²) < 4.78 is 18.4. The molecule has 0 saturated carbocycles. The molecule has 22 heavy (non-hydrogen) atoms. The van der Waals surface area contributed by atoms with Crippen molar-refractivity contribution in [1.82, 2.24) is 10.3 Å². The normalized spacial score (nSPS) is 10.3. The fourth-order valence-corrected chi connectivity index (χ4v) is 2.05. The van der Waals surface area contributed by atoms with Gasteiger partial charge in [-0.3, -0.25) is 9.78 Å². The largest absolute Gasteiger partial charge is 0.493 e. The average molecular weight is 302 g/mol. The van der Waals surface area contributed by atoms with Crippen LogP contribution in [0.2, 0.25) is 0 Å². The lowest BCUT2D eigenvalue weighted by Gasteiger charge is -2.08. The van der Waals surface area contributed by atoms with Gasteiger partial charge in [-0.05, 0) is 44.5 Å². The number of pyridine rings is 1. The van der Waals surface area contributed by atoms with Crippen molar-refractivity contribution in [2.24, 2.45) is 0 Å². The summed E-state index contributed by atoms with van der Waals surface area (Å²) in [5, 5.41) is 2.77. The quantitative estimate of drug-likeness (QED) is 0.834. The SMILES string of the molecule is Cc1cc(OCCCNC(=O)c2ccc(F)cc2)cc(C)n1. The highest BCUT2D eigenvalue weighted by Gasteiger charge is 2.04. The van der Waals surface area contributed by atoms with Crippen molar-refractivity contribution in [2.75, 3.05) is 13.2 Å². The number of aromatic nitrogens is 1. The molecule has 0 atom stereocenters. The van der Waals surface area contributed by atoms with Crippen LogP contribution in [0.15, 0.2) is 36.4 Å². The first-order valence-corrected chi connectivity index (χ1v) is 7.16. The molecule has 1 heterocycles. The van der Waals surface area contributed by atoms with Crippen LogP contribution in [0.3, 0.4) is 0 Å². The molecule has 4 nitrogen and oxygen atoms in total. The molecular weight excluding hydrogens is 283 g/mol. The number of nitrogens with zero attached hydrogens (tertiary/aromatic N) is 1. The van der Waals surface area contributed by atoms with E-state index in [9.17, 15) is 9.18 Å². The first-order valence-electron chi connectivity index (χ1n) is 7.16. The Bertz CT molecular complexity index is 621. The number of carbonyl (C=O) groups is 1. The number of ether oxygens (including phenoxy) is 1. The first kappa shape index (κ1) is 15.9. The Morgan fingerprint density at radius 3 is 2.45 bits per heavy atom. The van der Waals surface area contributed by atoms with Crippen molar-refractivity contribution in [3.63, 3.8) is 0 Å². The molecule has 1 aromatic carbocycles. The van der Waals surface area contributed by atoms with Gasteiger partial charge in [0.15, 0.2) is 0 Å². The number of carbonyl (C=O) groups excluding carboxylic acids is 1. The highest BCUT2D eigenvalue weighted by Crippen LogP contribution is 2.13. The van der Waals surface area contributed by atoms with E-state index in [0.29, 0.717) is 25.1 Å². The van der Waals surface area contributed by atoms with E-state index >= 15 is 0 Å². The summed E-state index contributed by atoms with van der Waals surface area (Å²) in [4.78, 5) is 16.1. The van der Waals surface area contributed by atoms with E-state index in [1.165, 1.54) is 24.3 Å². The minimum atomic E-state index is -0.354. The Morgan fingerprint density at radius 2 is 1.82 bits per heavy atom. The lowest BCUT2D eigenvalue weighted by molar-refractivity contribution is 0.0951. The zero-order valence-corrected chi connectivity index (χ0v) is 12.7. The molecule has 0 aliphatic rings. The highest BCUT2D eigenvalue weighted by molar-refractivity contribution is 5.94. The molecule has 1 aromatic heterocycles. The molecule has 0 bridgehead atoms. The predicted molar refractivity (Wildman–Crippen MR) is 82.6 cm³/mol. The average Bonchev–Trinajstić information content (AvgIpc) is 2.46. The van der Waals surface area contributed by atoms with E-state index in [1.54, 1.807) is 0 Å². The van der Waals surface area contributed by atoms with Crippen LogP contribution in [0.4, 0.5) is 4.39 Å². The molecule has 0 radical (unpaired) electrons. The zero-order valence-electron chi connectivity index (χ0n) is 12.7. The fraction of sp³-hybridized carbons (Fsp3) is 0.294. The molecule has 0 unspecified atom stereocenters. The summed E-state index contributed by atoms with van der Waals surface area (Å²) in [5.41, 5.74) is 2.28. The van der Waals surface area contributed by atoms with Crippen molar-refractivity contribution >= 4 is 5.91 Å². The molecule has 0 saturated heterocycles. The fourth-order valence-electron chi connectivity index (χ4n) is 2.05. The van der Waals surface area contributed by atoms with Gasteiger partial charge in [0, 0.05) is 35.6 Å². The van der Waals surface area contributed by atoms with E-state index in [2.05, 4.69) is 10.3 Å². The van der Waals surface area contributed by atoms with Crippen molar-refractivity contribution in [3.05, 3.63) is 59.2 Å². The summed E-state index contributed by atoms with van der Waals surface area (Å²) in [6.07, 6.45) is 0.688. The number of rotatable bonds is 6. The molecule has 0 aliphatic heterocycles. The van der Waals surface area contributed by atoms with E-state index in [4.69, 9.17) is 4.74 Å². The summed E-state index contributed by atoms with van der Waals surface area (Å²) >= 11 is 0. The number of halogens is 1. The van der Waals surface area contributed by atoms with Crippen molar-refractivity contribution < 1.29 is 13.9 Å². The van der Waals surface area contributed by atoms with Crippen molar-refractivity contribution in [1.29, 1.82) is 0 Å². The van der Waals surface area contributed by atoms with Crippen LogP contribution in [0.1, 0.15) is 28.2 Å².